The first-order valence-electron chi connectivity index (χ1n) is 7.74. The minimum atomic E-state index is -0.400. The summed E-state index contributed by atoms with van der Waals surface area (Å²) in [6, 6.07) is 13.0. The van der Waals surface area contributed by atoms with Gasteiger partial charge >= 0.3 is 0 Å². The van der Waals surface area contributed by atoms with Gasteiger partial charge in [0.05, 0.1) is 16.8 Å². The summed E-state index contributed by atoms with van der Waals surface area (Å²) in [5.41, 5.74) is 1.37. The summed E-state index contributed by atoms with van der Waals surface area (Å²) in [4.78, 5) is 38.6. The summed E-state index contributed by atoms with van der Waals surface area (Å²) < 4.78 is 0. The molecule has 0 aliphatic carbocycles. The fraction of sp³-hybridized carbons (Fsp3) is 0.0556. The second kappa shape index (κ2) is 6.16. The maximum atomic E-state index is 12.6. The number of amides is 3. The Hall–Kier alpha value is -3.39. The largest absolute Gasteiger partial charge is 0.296 e. The first-order valence-corrected chi connectivity index (χ1v) is 8.55. The molecular weight excluding hydrogens is 352 g/mol. The lowest BCUT2D eigenvalue weighted by atomic mass is 10.1. The van der Waals surface area contributed by atoms with Gasteiger partial charge in [-0.3, -0.25) is 19.7 Å². The van der Waals surface area contributed by atoms with Crippen molar-refractivity contribution in [1.29, 1.82) is 0 Å². The number of anilines is 2. The molecule has 0 fully saturated rings. The van der Waals surface area contributed by atoms with E-state index in [1.54, 1.807) is 49.4 Å². The molecule has 1 N–H and O–H groups in total. The second-order valence-corrected chi connectivity index (χ2v) is 6.80. The number of fused-ring (bicyclic) bond motifs is 1. The molecule has 0 atom stereocenters. The molecule has 3 amide bonds. The average Bonchev–Trinajstić information content (AvgIpc) is 3.17. The van der Waals surface area contributed by atoms with Crippen molar-refractivity contribution >= 4 is 39.9 Å². The van der Waals surface area contributed by atoms with Crippen molar-refractivity contribution in [2.24, 2.45) is 0 Å². The first kappa shape index (κ1) is 16.1. The Morgan fingerprint density at radius 3 is 2.31 bits per heavy atom. The Balaban J connectivity index is 1.63. The van der Waals surface area contributed by atoms with Crippen LogP contribution in [0.1, 0.15) is 36.1 Å². The quantitative estimate of drug-likeness (QED) is 0.722. The molecule has 1 aromatic heterocycles. The monoisotopic (exact) mass is 364 g/mol. The van der Waals surface area contributed by atoms with Gasteiger partial charge in [-0.15, -0.1) is 10.2 Å². The Morgan fingerprint density at radius 1 is 1.00 bits per heavy atom. The molecule has 0 saturated heterocycles. The molecule has 26 heavy (non-hydrogen) atoms. The van der Waals surface area contributed by atoms with Crippen molar-refractivity contribution in [3.8, 4) is 0 Å². The molecule has 2 aromatic carbocycles. The van der Waals surface area contributed by atoms with Crippen LogP contribution in [0, 0.1) is 6.92 Å². The normalized spacial score (nSPS) is 13.0. The zero-order valence-electron chi connectivity index (χ0n) is 13.6. The minimum Gasteiger partial charge on any atom is -0.296 e. The van der Waals surface area contributed by atoms with E-state index in [0.29, 0.717) is 27.5 Å². The number of nitrogens with zero attached hydrogens (tertiary/aromatic N) is 3. The third-order valence-corrected chi connectivity index (χ3v) is 4.66. The number of nitrogens with one attached hydrogen (secondary N) is 1. The van der Waals surface area contributed by atoms with E-state index in [4.69, 9.17) is 0 Å². The second-order valence-electron chi connectivity index (χ2n) is 5.62. The molecule has 1 aliphatic heterocycles. The summed E-state index contributed by atoms with van der Waals surface area (Å²) in [5, 5.41) is 11.5. The van der Waals surface area contributed by atoms with Gasteiger partial charge in [-0.05, 0) is 37.3 Å². The standard InChI is InChI=1S/C18H12N4O3S/c1-10-20-21-18(26-10)19-15(23)11-5-4-6-12(9-11)22-16(24)13-7-2-3-8-14(13)17(22)25/h2-9H,1H3,(H,19,21,23). The Kier molecular flexibility index (Phi) is 3.81. The summed E-state index contributed by atoms with van der Waals surface area (Å²) in [5.74, 6) is -1.19. The molecule has 128 valence electrons. The number of hydrogen-bond donors (Lipinski definition) is 1. The maximum Gasteiger partial charge on any atom is 0.266 e. The van der Waals surface area contributed by atoms with E-state index in [0.717, 1.165) is 9.91 Å². The van der Waals surface area contributed by atoms with E-state index < -0.39 is 11.8 Å². The molecule has 3 aromatic rings. The summed E-state index contributed by atoms with van der Waals surface area (Å²) >= 11 is 1.26. The third-order valence-electron chi connectivity index (χ3n) is 3.91. The Labute approximate surface area is 152 Å². The van der Waals surface area contributed by atoms with E-state index in [1.165, 1.54) is 17.4 Å². The highest BCUT2D eigenvalue weighted by atomic mass is 32.1. The van der Waals surface area contributed by atoms with Crippen LogP contribution in [0.2, 0.25) is 0 Å². The first-order chi connectivity index (χ1) is 12.5. The number of benzene rings is 2. The molecule has 8 heteroatoms. The predicted octanol–water partition coefficient (Wildman–Crippen LogP) is 2.90. The Morgan fingerprint density at radius 2 is 1.69 bits per heavy atom. The molecule has 0 unspecified atom stereocenters. The topological polar surface area (TPSA) is 92.3 Å². The van der Waals surface area contributed by atoms with Crippen molar-refractivity contribution in [3.05, 3.63) is 70.2 Å². The Bertz CT molecular complexity index is 1020. The van der Waals surface area contributed by atoms with Gasteiger partial charge in [0.25, 0.3) is 17.7 Å². The number of rotatable bonds is 3. The third kappa shape index (κ3) is 2.66. The molecule has 0 bridgehead atoms. The SMILES string of the molecule is Cc1nnc(NC(=O)c2cccc(N3C(=O)c4ccccc4C3=O)c2)s1. The summed E-state index contributed by atoms with van der Waals surface area (Å²) in [6.45, 7) is 1.79. The number of carbonyl (C=O) groups excluding carboxylic acids is 3. The van der Waals surface area contributed by atoms with Gasteiger partial charge in [0.1, 0.15) is 5.01 Å². The van der Waals surface area contributed by atoms with Gasteiger partial charge in [-0.25, -0.2) is 4.90 Å². The summed E-state index contributed by atoms with van der Waals surface area (Å²) in [7, 11) is 0. The van der Waals surface area contributed by atoms with E-state index >= 15 is 0 Å². The zero-order valence-corrected chi connectivity index (χ0v) is 14.4. The minimum absolute atomic E-state index is 0.312. The number of aromatic nitrogens is 2. The van der Waals surface area contributed by atoms with Crippen LogP contribution in [0.25, 0.3) is 0 Å². The molecule has 7 nitrogen and oxygen atoms in total. The van der Waals surface area contributed by atoms with Crippen LogP contribution < -0.4 is 10.2 Å². The van der Waals surface area contributed by atoms with Gasteiger partial charge < -0.3 is 0 Å². The fourth-order valence-electron chi connectivity index (χ4n) is 2.73. The van der Waals surface area contributed by atoms with Crippen LogP contribution in [0.15, 0.2) is 48.5 Å². The van der Waals surface area contributed by atoms with Gasteiger partial charge in [0.15, 0.2) is 0 Å². The predicted molar refractivity (Wildman–Crippen MR) is 96.6 cm³/mol. The zero-order chi connectivity index (χ0) is 18.3. The van der Waals surface area contributed by atoms with E-state index in [2.05, 4.69) is 15.5 Å². The van der Waals surface area contributed by atoms with Crippen LogP contribution in [0.3, 0.4) is 0 Å². The highest BCUT2D eigenvalue weighted by Gasteiger charge is 2.36. The van der Waals surface area contributed by atoms with Gasteiger partial charge in [-0.1, -0.05) is 29.5 Å². The van der Waals surface area contributed by atoms with Gasteiger partial charge in [0.2, 0.25) is 5.13 Å². The van der Waals surface area contributed by atoms with Gasteiger partial charge in [-0.2, -0.15) is 0 Å². The van der Waals surface area contributed by atoms with Crippen LogP contribution in [-0.2, 0) is 0 Å². The lowest BCUT2D eigenvalue weighted by Gasteiger charge is -2.14. The molecule has 2 heterocycles. The lowest BCUT2D eigenvalue weighted by Crippen LogP contribution is -2.29. The highest BCUT2D eigenvalue weighted by Crippen LogP contribution is 2.29. The van der Waals surface area contributed by atoms with E-state index in [-0.39, 0.29) is 5.91 Å². The molecule has 0 radical (unpaired) electrons. The molecular formula is C18H12N4O3S. The fourth-order valence-corrected chi connectivity index (χ4v) is 3.31. The molecule has 4 rings (SSSR count). The van der Waals surface area contributed by atoms with Gasteiger partial charge in [0, 0.05) is 5.56 Å². The number of hydrogen-bond acceptors (Lipinski definition) is 6. The number of aryl methyl sites for hydroxylation is 1. The van der Waals surface area contributed by atoms with E-state index in [1.807, 2.05) is 0 Å². The smallest absolute Gasteiger partial charge is 0.266 e. The van der Waals surface area contributed by atoms with E-state index in [9.17, 15) is 14.4 Å². The van der Waals surface area contributed by atoms with Crippen molar-refractivity contribution in [1.82, 2.24) is 10.2 Å². The maximum absolute atomic E-state index is 12.6. The molecule has 0 spiro atoms. The summed E-state index contributed by atoms with van der Waals surface area (Å²) in [6.07, 6.45) is 0. The number of carbonyl (C=O) groups is 3. The molecule has 1 aliphatic rings. The average molecular weight is 364 g/mol. The number of imide groups is 1. The van der Waals surface area contributed by atoms with Crippen molar-refractivity contribution < 1.29 is 14.4 Å². The van der Waals surface area contributed by atoms with Crippen LogP contribution >= 0.6 is 11.3 Å². The molecule has 0 saturated carbocycles. The van der Waals surface area contributed by atoms with Crippen molar-refractivity contribution in [3.63, 3.8) is 0 Å². The van der Waals surface area contributed by atoms with Crippen LogP contribution in [0.4, 0.5) is 10.8 Å². The van der Waals surface area contributed by atoms with Crippen LogP contribution in [-0.4, -0.2) is 27.9 Å². The lowest BCUT2D eigenvalue weighted by molar-refractivity contribution is 0.0924. The van der Waals surface area contributed by atoms with Crippen molar-refractivity contribution in [2.75, 3.05) is 10.2 Å². The van der Waals surface area contributed by atoms with Crippen molar-refractivity contribution in [2.45, 2.75) is 6.92 Å². The highest BCUT2D eigenvalue weighted by molar-refractivity contribution is 7.15. The van der Waals surface area contributed by atoms with Crippen LogP contribution in [0.5, 0.6) is 0 Å².